The lowest BCUT2D eigenvalue weighted by Gasteiger charge is -2.18. The maximum absolute atomic E-state index is 12.4. The minimum atomic E-state index is -3.64. The number of benzene rings is 1. The largest absolute Gasteiger partial charge is 0.478 e. The number of hydrogen-bond donors (Lipinski definition) is 1. The topological polar surface area (TPSA) is 79.6 Å². The van der Waals surface area contributed by atoms with E-state index in [-0.39, 0.29) is 10.5 Å². The SMILES string of the molecule is CN(c1ccc(C(=O)O)cc1)S(=O)(=O)c1ccn(C)c1. The summed E-state index contributed by atoms with van der Waals surface area (Å²) < 4.78 is 27.5. The van der Waals surface area contributed by atoms with Crippen LogP contribution in [0.15, 0.2) is 47.6 Å². The molecule has 2 aromatic rings. The van der Waals surface area contributed by atoms with Crippen LogP contribution in [0.2, 0.25) is 0 Å². The predicted molar refractivity (Wildman–Crippen MR) is 74.4 cm³/mol. The number of anilines is 1. The molecule has 0 amide bonds. The third-order valence-electron chi connectivity index (χ3n) is 2.94. The van der Waals surface area contributed by atoms with Gasteiger partial charge in [0.2, 0.25) is 0 Å². The molecule has 0 radical (unpaired) electrons. The number of sulfonamides is 1. The minimum Gasteiger partial charge on any atom is -0.478 e. The Morgan fingerprint density at radius 2 is 1.80 bits per heavy atom. The third-order valence-corrected chi connectivity index (χ3v) is 4.71. The summed E-state index contributed by atoms with van der Waals surface area (Å²) in [5.41, 5.74) is 0.512. The molecular weight excluding hydrogens is 280 g/mol. The van der Waals surface area contributed by atoms with Crippen LogP contribution in [0.3, 0.4) is 0 Å². The van der Waals surface area contributed by atoms with Crippen molar-refractivity contribution in [2.45, 2.75) is 4.90 Å². The van der Waals surface area contributed by atoms with Crippen molar-refractivity contribution in [2.75, 3.05) is 11.4 Å². The normalized spacial score (nSPS) is 11.3. The molecule has 0 saturated carbocycles. The van der Waals surface area contributed by atoms with Gasteiger partial charge < -0.3 is 9.67 Å². The highest BCUT2D eigenvalue weighted by molar-refractivity contribution is 7.92. The highest BCUT2D eigenvalue weighted by Crippen LogP contribution is 2.22. The highest BCUT2D eigenvalue weighted by atomic mass is 32.2. The van der Waals surface area contributed by atoms with Crippen LogP contribution in [0.1, 0.15) is 10.4 Å². The maximum Gasteiger partial charge on any atom is 0.335 e. The van der Waals surface area contributed by atoms with E-state index in [1.54, 1.807) is 17.8 Å². The monoisotopic (exact) mass is 294 g/mol. The van der Waals surface area contributed by atoms with Gasteiger partial charge in [-0.3, -0.25) is 4.31 Å². The van der Waals surface area contributed by atoms with E-state index < -0.39 is 16.0 Å². The number of nitrogens with zero attached hydrogens (tertiary/aromatic N) is 2. The van der Waals surface area contributed by atoms with Gasteiger partial charge in [-0.25, -0.2) is 13.2 Å². The van der Waals surface area contributed by atoms with Gasteiger partial charge in [0, 0.05) is 26.5 Å². The van der Waals surface area contributed by atoms with Crippen LogP contribution in [-0.4, -0.2) is 31.1 Å². The zero-order chi connectivity index (χ0) is 14.9. The number of carboxylic acid groups (broad SMARTS) is 1. The minimum absolute atomic E-state index is 0.110. The Morgan fingerprint density at radius 3 is 2.25 bits per heavy atom. The molecule has 0 spiro atoms. The lowest BCUT2D eigenvalue weighted by molar-refractivity contribution is 0.0697. The molecule has 0 aliphatic heterocycles. The maximum atomic E-state index is 12.4. The molecule has 1 N–H and O–H groups in total. The number of aromatic nitrogens is 1. The van der Waals surface area contributed by atoms with Crippen LogP contribution >= 0.6 is 0 Å². The molecular formula is C13H14N2O4S. The summed E-state index contributed by atoms with van der Waals surface area (Å²) in [5, 5.41) is 8.82. The van der Waals surface area contributed by atoms with E-state index in [0.29, 0.717) is 5.69 Å². The Balaban J connectivity index is 2.35. The molecule has 0 atom stereocenters. The third kappa shape index (κ3) is 2.53. The molecule has 0 fully saturated rings. The van der Waals surface area contributed by atoms with Crippen molar-refractivity contribution in [1.29, 1.82) is 0 Å². The zero-order valence-corrected chi connectivity index (χ0v) is 11.8. The average molecular weight is 294 g/mol. The number of rotatable bonds is 4. The molecule has 0 aliphatic carbocycles. The van der Waals surface area contributed by atoms with Crippen molar-refractivity contribution >= 4 is 21.7 Å². The summed E-state index contributed by atoms with van der Waals surface area (Å²) in [6.07, 6.45) is 3.16. The van der Waals surface area contributed by atoms with E-state index in [0.717, 1.165) is 4.31 Å². The fraction of sp³-hybridized carbons (Fsp3) is 0.154. The Labute approximate surface area is 116 Å². The van der Waals surface area contributed by atoms with E-state index in [1.165, 1.54) is 43.6 Å². The van der Waals surface area contributed by atoms with Crippen LogP contribution in [0.25, 0.3) is 0 Å². The summed E-state index contributed by atoms with van der Waals surface area (Å²) in [6.45, 7) is 0. The van der Waals surface area contributed by atoms with E-state index in [2.05, 4.69) is 0 Å². The second kappa shape index (κ2) is 5.01. The molecule has 1 aromatic carbocycles. The molecule has 6 nitrogen and oxygen atoms in total. The Hall–Kier alpha value is -2.28. The first-order valence-electron chi connectivity index (χ1n) is 5.76. The van der Waals surface area contributed by atoms with Gasteiger partial charge in [0.25, 0.3) is 10.0 Å². The summed E-state index contributed by atoms with van der Waals surface area (Å²) in [4.78, 5) is 11.0. The fourth-order valence-corrected chi connectivity index (χ4v) is 2.99. The Kier molecular flexibility index (Phi) is 3.54. The van der Waals surface area contributed by atoms with E-state index in [1.807, 2.05) is 0 Å². The molecule has 2 rings (SSSR count). The molecule has 0 saturated heterocycles. The van der Waals surface area contributed by atoms with Gasteiger partial charge in [0.15, 0.2) is 0 Å². The number of aromatic carboxylic acids is 1. The molecule has 1 heterocycles. The van der Waals surface area contributed by atoms with Crippen molar-refractivity contribution in [3.8, 4) is 0 Å². The molecule has 1 aromatic heterocycles. The lowest BCUT2D eigenvalue weighted by atomic mass is 10.2. The second-order valence-electron chi connectivity index (χ2n) is 4.34. The first kappa shape index (κ1) is 14.1. The number of carboxylic acids is 1. The van der Waals surface area contributed by atoms with Crippen molar-refractivity contribution in [3.63, 3.8) is 0 Å². The highest BCUT2D eigenvalue weighted by Gasteiger charge is 2.22. The molecule has 7 heteroatoms. The second-order valence-corrected chi connectivity index (χ2v) is 6.31. The Bertz CT molecular complexity index is 732. The fourth-order valence-electron chi connectivity index (χ4n) is 1.74. The van der Waals surface area contributed by atoms with Crippen LogP contribution in [0.4, 0.5) is 5.69 Å². The molecule has 0 aliphatic rings. The van der Waals surface area contributed by atoms with E-state index in [9.17, 15) is 13.2 Å². The van der Waals surface area contributed by atoms with Gasteiger partial charge in [0.05, 0.1) is 11.3 Å². The first-order valence-corrected chi connectivity index (χ1v) is 7.20. The standard InChI is InChI=1S/C13H14N2O4S/c1-14-8-7-12(9-14)20(18,19)15(2)11-5-3-10(4-6-11)13(16)17/h3-9H,1-2H3,(H,16,17). The van der Waals surface area contributed by atoms with E-state index in [4.69, 9.17) is 5.11 Å². The van der Waals surface area contributed by atoms with Crippen LogP contribution in [0.5, 0.6) is 0 Å². The summed E-state index contributed by atoms with van der Waals surface area (Å²) >= 11 is 0. The van der Waals surface area contributed by atoms with Crippen molar-refractivity contribution in [2.24, 2.45) is 7.05 Å². The van der Waals surface area contributed by atoms with Gasteiger partial charge in [-0.1, -0.05) is 0 Å². The summed E-state index contributed by atoms with van der Waals surface area (Å²) in [5.74, 6) is -1.05. The number of aryl methyl sites for hydroxylation is 1. The van der Waals surface area contributed by atoms with Crippen molar-refractivity contribution < 1.29 is 18.3 Å². The quantitative estimate of drug-likeness (QED) is 0.927. The van der Waals surface area contributed by atoms with Crippen LogP contribution in [-0.2, 0) is 17.1 Å². The number of carbonyl (C=O) groups is 1. The van der Waals surface area contributed by atoms with Gasteiger partial charge in [-0.15, -0.1) is 0 Å². The smallest absolute Gasteiger partial charge is 0.335 e. The molecule has 0 unspecified atom stereocenters. The van der Waals surface area contributed by atoms with Crippen LogP contribution < -0.4 is 4.31 Å². The first-order chi connectivity index (χ1) is 9.32. The molecule has 0 bridgehead atoms. The Morgan fingerprint density at radius 1 is 1.20 bits per heavy atom. The average Bonchev–Trinajstić information content (AvgIpc) is 2.85. The molecule has 106 valence electrons. The summed E-state index contributed by atoms with van der Waals surface area (Å²) in [6, 6.07) is 7.18. The predicted octanol–water partition coefficient (Wildman–Crippen LogP) is 1.55. The lowest BCUT2D eigenvalue weighted by Crippen LogP contribution is -2.26. The molecule has 20 heavy (non-hydrogen) atoms. The van der Waals surface area contributed by atoms with Crippen molar-refractivity contribution in [1.82, 2.24) is 4.57 Å². The number of hydrogen-bond acceptors (Lipinski definition) is 3. The van der Waals surface area contributed by atoms with Crippen LogP contribution in [0, 0.1) is 0 Å². The van der Waals surface area contributed by atoms with Gasteiger partial charge >= 0.3 is 5.97 Å². The van der Waals surface area contributed by atoms with E-state index >= 15 is 0 Å². The zero-order valence-electron chi connectivity index (χ0n) is 11.0. The summed E-state index contributed by atoms with van der Waals surface area (Å²) in [7, 11) is -0.474. The van der Waals surface area contributed by atoms with Crippen molar-refractivity contribution in [3.05, 3.63) is 48.3 Å². The van der Waals surface area contributed by atoms with Gasteiger partial charge in [0.1, 0.15) is 4.90 Å². The van der Waals surface area contributed by atoms with Gasteiger partial charge in [-0.2, -0.15) is 0 Å². The van der Waals surface area contributed by atoms with Gasteiger partial charge in [-0.05, 0) is 30.3 Å².